The average Bonchev–Trinajstić information content (AvgIpc) is 3.32. The standard InChI is InChI=1S/C27H26ClN7O2/c1-2-22(36)34-12-4-7-21(15-34)35-26-23(25(29)31-16-32-26)24(33-35)18-10-8-17(9-11-18)14-30-27(37)19-5-3-6-20(28)13-19/h2-3,5-6,8-11,13,16,21H,1,4,7,12,14-15H2,(H,30,37)(H2,29,31,32). The van der Waals surface area contributed by atoms with E-state index in [0.29, 0.717) is 52.8 Å². The summed E-state index contributed by atoms with van der Waals surface area (Å²) in [4.78, 5) is 35.1. The molecule has 0 saturated carbocycles. The number of halogens is 1. The van der Waals surface area contributed by atoms with Crippen molar-refractivity contribution < 1.29 is 9.59 Å². The minimum Gasteiger partial charge on any atom is -0.383 e. The number of hydrogen-bond acceptors (Lipinski definition) is 6. The molecule has 2 aromatic carbocycles. The van der Waals surface area contributed by atoms with Gasteiger partial charge >= 0.3 is 0 Å². The maximum absolute atomic E-state index is 12.4. The Kier molecular flexibility index (Phi) is 6.87. The number of nitrogens with one attached hydrogen (secondary N) is 1. The van der Waals surface area contributed by atoms with Crippen LogP contribution in [0.2, 0.25) is 5.02 Å². The highest BCUT2D eigenvalue weighted by Crippen LogP contribution is 2.33. The molecule has 1 unspecified atom stereocenters. The van der Waals surface area contributed by atoms with E-state index in [1.807, 2.05) is 28.9 Å². The number of carbonyl (C=O) groups is 2. The molecule has 5 rings (SSSR count). The zero-order valence-electron chi connectivity index (χ0n) is 20.1. The molecule has 37 heavy (non-hydrogen) atoms. The van der Waals surface area contributed by atoms with Gasteiger partial charge in [0.05, 0.1) is 11.4 Å². The first-order valence-electron chi connectivity index (χ1n) is 12.0. The van der Waals surface area contributed by atoms with Crippen molar-refractivity contribution in [1.82, 2.24) is 30.0 Å². The predicted octanol–water partition coefficient (Wildman–Crippen LogP) is 4.01. The van der Waals surface area contributed by atoms with Crippen LogP contribution in [0.1, 0.15) is 34.8 Å². The number of anilines is 1. The van der Waals surface area contributed by atoms with Crippen molar-refractivity contribution in [2.75, 3.05) is 18.8 Å². The molecule has 188 valence electrons. The number of nitrogens with zero attached hydrogens (tertiary/aromatic N) is 5. The van der Waals surface area contributed by atoms with E-state index in [0.717, 1.165) is 24.0 Å². The van der Waals surface area contributed by atoms with Gasteiger partial charge in [-0.15, -0.1) is 0 Å². The molecule has 0 aliphatic carbocycles. The van der Waals surface area contributed by atoms with Crippen LogP contribution in [0.5, 0.6) is 0 Å². The molecule has 1 saturated heterocycles. The Bertz CT molecular complexity index is 1480. The lowest BCUT2D eigenvalue weighted by molar-refractivity contribution is -0.127. The lowest BCUT2D eigenvalue weighted by Gasteiger charge is -2.32. The summed E-state index contributed by atoms with van der Waals surface area (Å²) in [6.07, 6.45) is 4.50. The number of rotatable bonds is 6. The Morgan fingerprint density at radius 2 is 2.00 bits per heavy atom. The summed E-state index contributed by atoms with van der Waals surface area (Å²) in [5.74, 6) is 0.0604. The molecule has 1 atom stereocenters. The first-order chi connectivity index (χ1) is 17.9. The van der Waals surface area contributed by atoms with Gasteiger partial charge in [0.2, 0.25) is 5.91 Å². The van der Waals surface area contributed by atoms with Crippen LogP contribution in [0.4, 0.5) is 5.82 Å². The van der Waals surface area contributed by atoms with Gasteiger partial charge in [0.15, 0.2) is 5.65 Å². The molecular weight excluding hydrogens is 490 g/mol. The quantitative estimate of drug-likeness (QED) is 0.374. The number of nitrogen functional groups attached to an aromatic ring is 1. The van der Waals surface area contributed by atoms with E-state index in [1.165, 1.54) is 12.4 Å². The lowest BCUT2D eigenvalue weighted by atomic mass is 10.1. The highest BCUT2D eigenvalue weighted by Gasteiger charge is 2.28. The summed E-state index contributed by atoms with van der Waals surface area (Å²) < 4.78 is 1.87. The van der Waals surface area contributed by atoms with Crippen LogP contribution < -0.4 is 11.1 Å². The van der Waals surface area contributed by atoms with Gasteiger partial charge in [-0.1, -0.05) is 48.5 Å². The zero-order chi connectivity index (χ0) is 25.9. The molecule has 4 aromatic rings. The second kappa shape index (κ2) is 10.4. The average molecular weight is 516 g/mol. The molecule has 0 radical (unpaired) electrons. The van der Waals surface area contributed by atoms with Crippen LogP contribution in [0.25, 0.3) is 22.3 Å². The van der Waals surface area contributed by atoms with Crippen LogP contribution >= 0.6 is 11.6 Å². The largest absolute Gasteiger partial charge is 0.383 e. The first-order valence-corrected chi connectivity index (χ1v) is 12.4. The van der Waals surface area contributed by atoms with Gasteiger partial charge in [0.25, 0.3) is 5.91 Å². The molecule has 0 spiro atoms. The van der Waals surface area contributed by atoms with Crippen molar-refractivity contribution in [2.45, 2.75) is 25.4 Å². The minimum atomic E-state index is -0.197. The number of nitrogens with two attached hydrogens (primary N) is 1. The Morgan fingerprint density at radius 3 is 2.76 bits per heavy atom. The van der Waals surface area contributed by atoms with E-state index in [-0.39, 0.29) is 17.9 Å². The number of carbonyl (C=O) groups excluding carboxylic acids is 2. The minimum absolute atomic E-state index is 0.0378. The number of likely N-dealkylation sites (tertiary alicyclic amines) is 1. The van der Waals surface area contributed by atoms with Gasteiger partial charge < -0.3 is 16.0 Å². The number of piperidine rings is 1. The number of hydrogen-bond donors (Lipinski definition) is 2. The third-order valence-corrected chi connectivity index (χ3v) is 6.75. The molecule has 3 N–H and O–H groups in total. The van der Waals surface area contributed by atoms with Gasteiger partial charge in [0, 0.05) is 35.8 Å². The van der Waals surface area contributed by atoms with Crippen molar-refractivity contribution in [3.63, 3.8) is 0 Å². The van der Waals surface area contributed by atoms with E-state index >= 15 is 0 Å². The highest BCUT2D eigenvalue weighted by atomic mass is 35.5. The lowest BCUT2D eigenvalue weighted by Crippen LogP contribution is -2.40. The normalized spacial score (nSPS) is 15.5. The van der Waals surface area contributed by atoms with Gasteiger partial charge in [0.1, 0.15) is 17.8 Å². The predicted molar refractivity (Wildman–Crippen MR) is 143 cm³/mol. The second-order valence-electron chi connectivity index (χ2n) is 8.93. The fourth-order valence-corrected chi connectivity index (χ4v) is 4.82. The van der Waals surface area contributed by atoms with Crippen LogP contribution in [0, 0.1) is 0 Å². The number of fused-ring (bicyclic) bond motifs is 1. The fourth-order valence-electron chi connectivity index (χ4n) is 4.63. The van der Waals surface area contributed by atoms with Gasteiger partial charge in [-0.25, -0.2) is 14.6 Å². The van der Waals surface area contributed by atoms with Crippen molar-refractivity contribution in [3.8, 4) is 11.3 Å². The van der Waals surface area contributed by atoms with Crippen molar-refractivity contribution in [3.05, 3.63) is 83.7 Å². The molecule has 0 bridgehead atoms. The molecule has 1 aliphatic heterocycles. The van der Waals surface area contributed by atoms with Crippen LogP contribution in [-0.4, -0.2) is 49.6 Å². The van der Waals surface area contributed by atoms with E-state index in [4.69, 9.17) is 22.4 Å². The summed E-state index contributed by atoms with van der Waals surface area (Å²) >= 11 is 5.99. The summed E-state index contributed by atoms with van der Waals surface area (Å²) in [5, 5.41) is 9.00. The SMILES string of the molecule is C=CC(=O)N1CCCC(n2nc(-c3ccc(CNC(=O)c4cccc(Cl)c4)cc3)c3c(N)ncnc32)C1. The highest BCUT2D eigenvalue weighted by molar-refractivity contribution is 6.30. The maximum atomic E-state index is 12.4. The molecular formula is C27H26ClN7O2. The van der Waals surface area contributed by atoms with Gasteiger partial charge in [-0.3, -0.25) is 9.59 Å². The zero-order valence-corrected chi connectivity index (χ0v) is 20.9. The van der Waals surface area contributed by atoms with Crippen molar-refractivity contribution in [1.29, 1.82) is 0 Å². The van der Waals surface area contributed by atoms with E-state index in [1.54, 1.807) is 29.2 Å². The van der Waals surface area contributed by atoms with Gasteiger partial charge in [-0.05, 0) is 42.7 Å². The van der Waals surface area contributed by atoms with E-state index in [2.05, 4.69) is 21.9 Å². The smallest absolute Gasteiger partial charge is 0.251 e. The maximum Gasteiger partial charge on any atom is 0.251 e. The van der Waals surface area contributed by atoms with E-state index in [9.17, 15) is 9.59 Å². The Labute approximate surface area is 219 Å². The second-order valence-corrected chi connectivity index (χ2v) is 9.36. The summed E-state index contributed by atoms with van der Waals surface area (Å²) in [6, 6.07) is 14.5. The summed E-state index contributed by atoms with van der Waals surface area (Å²) in [5.41, 5.74) is 9.87. The summed E-state index contributed by atoms with van der Waals surface area (Å²) in [6.45, 7) is 5.19. The molecule has 2 aromatic heterocycles. The monoisotopic (exact) mass is 515 g/mol. The van der Waals surface area contributed by atoms with Gasteiger partial charge in [-0.2, -0.15) is 5.10 Å². The van der Waals surface area contributed by atoms with Crippen LogP contribution in [0.3, 0.4) is 0 Å². The Morgan fingerprint density at radius 1 is 1.19 bits per heavy atom. The van der Waals surface area contributed by atoms with Crippen LogP contribution in [0.15, 0.2) is 67.5 Å². The molecule has 3 heterocycles. The Hall–Kier alpha value is -4.24. The van der Waals surface area contributed by atoms with Crippen LogP contribution in [-0.2, 0) is 11.3 Å². The van der Waals surface area contributed by atoms with E-state index < -0.39 is 0 Å². The molecule has 10 heteroatoms. The third-order valence-electron chi connectivity index (χ3n) is 6.51. The fraction of sp³-hybridized carbons (Fsp3) is 0.222. The molecule has 1 fully saturated rings. The number of benzene rings is 2. The summed E-state index contributed by atoms with van der Waals surface area (Å²) in [7, 11) is 0. The Balaban J connectivity index is 1.39. The van der Waals surface area contributed by atoms with Crippen molar-refractivity contribution in [2.24, 2.45) is 0 Å². The van der Waals surface area contributed by atoms with Crippen molar-refractivity contribution >= 4 is 40.3 Å². The molecule has 2 amide bonds. The number of amides is 2. The first kappa shape index (κ1) is 24.5. The number of aromatic nitrogens is 4. The third kappa shape index (κ3) is 5.03. The molecule has 1 aliphatic rings. The topological polar surface area (TPSA) is 119 Å². The molecule has 9 nitrogen and oxygen atoms in total.